The zero-order valence-corrected chi connectivity index (χ0v) is 11.0. The summed E-state index contributed by atoms with van der Waals surface area (Å²) >= 11 is 0. The van der Waals surface area contributed by atoms with E-state index in [4.69, 9.17) is 5.11 Å². The Morgan fingerprint density at radius 3 is 2.33 bits per heavy atom. The summed E-state index contributed by atoms with van der Waals surface area (Å²) in [5.74, 6) is -3.13. The van der Waals surface area contributed by atoms with Crippen LogP contribution in [0.25, 0.3) is 0 Å². The Bertz CT molecular complexity index is 684. The van der Waals surface area contributed by atoms with Gasteiger partial charge in [0.25, 0.3) is 0 Å². The van der Waals surface area contributed by atoms with Crippen LogP contribution in [-0.2, 0) is 16.1 Å². The first-order valence-corrected chi connectivity index (χ1v) is 6.19. The van der Waals surface area contributed by atoms with Crippen LogP contribution < -0.4 is 0 Å². The zero-order chi connectivity index (χ0) is 15.4. The molecule has 0 saturated heterocycles. The number of rotatable bonds is 6. The molecule has 0 radical (unpaired) electrons. The van der Waals surface area contributed by atoms with Crippen LogP contribution in [0.2, 0.25) is 0 Å². The lowest BCUT2D eigenvalue weighted by Crippen LogP contribution is -2.19. The molecule has 0 aliphatic heterocycles. The van der Waals surface area contributed by atoms with Gasteiger partial charge in [0.05, 0.1) is 12.1 Å². The Morgan fingerprint density at radius 1 is 1.05 bits per heavy atom. The van der Waals surface area contributed by atoms with E-state index in [-0.39, 0.29) is 11.4 Å². The molecule has 0 atom stereocenters. The number of hydrogen-bond acceptors (Lipinski definition) is 4. The number of ketones is 2. The molecule has 21 heavy (non-hydrogen) atoms. The number of nitrogens with zero attached hydrogens (tertiary/aromatic N) is 1. The standard InChI is InChI=1S/C15H13NO5/c17-11-5-3-10(4-6-11)9-16-7-1-2-12(16)13(18)8-14(19)15(20)21/h1-7,17H,8-9H2,(H,20,21). The second-order valence-electron chi connectivity index (χ2n) is 4.52. The van der Waals surface area contributed by atoms with Gasteiger partial charge in [-0.1, -0.05) is 12.1 Å². The molecule has 2 N–H and O–H groups in total. The highest BCUT2D eigenvalue weighted by Gasteiger charge is 2.19. The van der Waals surface area contributed by atoms with Gasteiger partial charge in [-0.15, -0.1) is 0 Å². The van der Waals surface area contributed by atoms with E-state index in [1.54, 1.807) is 29.0 Å². The average molecular weight is 287 g/mol. The van der Waals surface area contributed by atoms with Crippen molar-refractivity contribution in [3.8, 4) is 5.75 Å². The fourth-order valence-corrected chi connectivity index (χ4v) is 1.92. The maximum atomic E-state index is 11.9. The van der Waals surface area contributed by atoms with E-state index in [9.17, 15) is 19.5 Å². The zero-order valence-electron chi connectivity index (χ0n) is 11.0. The molecule has 1 heterocycles. The second kappa shape index (κ2) is 6.04. The van der Waals surface area contributed by atoms with E-state index >= 15 is 0 Å². The van der Waals surface area contributed by atoms with Gasteiger partial charge in [0.2, 0.25) is 5.78 Å². The molecule has 6 heteroatoms. The van der Waals surface area contributed by atoms with E-state index in [1.807, 2.05) is 0 Å². The van der Waals surface area contributed by atoms with Gasteiger partial charge < -0.3 is 14.8 Å². The number of carbonyl (C=O) groups is 3. The summed E-state index contributed by atoms with van der Waals surface area (Å²) in [6, 6.07) is 9.69. The minimum Gasteiger partial charge on any atom is -0.508 e. The van der Waals surface area contributed by atoms with Crippen molar-refractivity contribution in [2.45, 2.75) is 13.0 Å². The fourth-order valence-electron chi connectivity index (χ4n) is 1.92. The first kappa shape index (κ1) is 14.5. The number of carboxylic acid groups (broad SMARTS) is 1. The maximum Gasteiger partial charge on any atom is 0.372 e. The predicted octanol–water partition coefficient (Wildman–Crippen LogP) is 1.47. The Kier molecular flexibility index (Phi) is 4.18. The van der Waals surface area contributed by atoms with Gasteiger partial charge in [0.15, 0.2) is 5.78 Å². The lowest BCUT2D eigenvalue weighted by molar-refractivity contribution is -0.148. The number of aliphatic carboxylic acids is 1. The van der Waals surface area contributed by atoms with E-state index in [2.05, 4.69) is 0 Å². The number of phenolic OH excluding ortho intramolecular Hbond substituents is 1. The normalized spacial score (nSPS) is 10.3. The molecule has 0 aliphatic carbocycles. The molecule has 0 fully saturated rings. The largest absolute Gasteiger partial charge is 0.508 e. The third-order valence-electron chi connectivity index (χ3n) is 2.96. The minimum atomic E-state index is -1.61. The number of aromatic hydroxyl groups is 1. The number of Topliss-reactive ketones (excluding diaryl/α,β-unsaturated/α-hetero) is 2. The topological polar surface area (TPSA) is 96.6 Å². The summed E-state index contributed by atoms with van der Waals surface area (Å²) < 4.78 is 1.63. The first-order chi connectivity index (χ1) is 9.97. The summed E-state index contributed by atoms with van der Waals surface area (Å²) in [6.07, 6.45) is 1.01. The lowest BCUT2D eigenvalue weighted by Gasteiger charge is -2.08. The molecule has 2 aromatic rings. The summed E-state index contributed by atoms with van der Waals surface area (Å²) in [6.45, 7) is 0.385. The van der Waals surface area contributed by atoms with Crippen LogP contribution in [0.4, 0.5) is 0 Å². The number of benzene rings is 1. The van der Waals surface area contributed by atoms with Gasteiger partial charge in [-0.25, -0.2) is 4.79 Å². The Hall–Kier alpha value is -2.89. The van der Waals surface area contributed by atoms with Gasteiger partial charge in [-0.2, -0.15) is 0 Å². The number of hydrogen-bond donors (Lipinski definition) is 2. The predicted molar refractivity (Wildman–Crippen MR) is 73.2 cm³/mol. The average Bonchev–Trinajstić information content (AvgIpc) is 2.89. The Balaban J connectivity index is 2.14. The molecule has 0 saturated carbocycles. The van der Waals surface area contributed by atoms with Crippen molar-refractivity contribution in [3.63, 3.8) is 0 Å². The monoisotopic (exact) mass is 287 g/mol. The van der Waals surface area contributed by atoms with Crippen molar-refractivity contribution in [1.29, 1.82) is 0 Å². The van der Waals surface area contributed by atoms with Crippen molar-refractivity contribution in [2.75, 3.05) is 0 Å². The molecule has 1 aromatic heterocycles. The van der Waals surface area contributed by atoms with Crippen molar-refractivity contribution >= 4 is 17.5 Å². The molecule has 0 unspecified atom stereocenters. The minimum absolute atomic E-state index is 0.148. The van der Waals surface area contributed by atoms with E-state index in [0.717, 1.165) is 5.56 Å². The van der Waals surface area contributed by atoms with Crippen molar-refractivity contribution in [3.05, 3.63) is 53.9 Å². The highest BCUT2D eigenvalue weighted by Crippen LogP contribution is 2.13. The van der Waals surface area contributed by atoms with E-state index < -0.39 is 24.0 Å². The molecule has 108 valence electrons. The van der Waals surface area contributed by atoms with Gasteiger partial charge >= 0.3 is 5.97 Å². The highest BCUT2D eigenvalue weighted by atomic mass is 16.4. The molecule has 0 aliphatic rings. The van der Waals surface area contributed by atoms with Gasteiger partial charge in [0.1, 0.15) is 5.75 Å². The molecule has 0 amide bonds. The summed E-state index contributed by atoms with van der Waals surface area (Å²) in [5.41, 5.74) is 1.14. The molecule has 2 rings (SSSR count). The quantitative estimate of drug-likeness (QED) is 0.476. The first-order valence-electron chi connectivity index (χ1n) is 6.19. The van der Waals surface area contributed by atoms with Crippen molar-refractivity contribution in [2.24, 2.45) is 0 Å². The number of aromatic nitrogens is 1. The number of carboxylic acids is 1. The smallest absolute Gasteiger partial charge is 0.372 e. The van der Waals surface area contributed by atoms with Gasteiger partial charge in [0, 0.05) is 12.7 Å². The summed E-state index contributed by atoms with van der Waals surface area (Å²) in [7, 11) is 0. The summed E-state index contributed by atoms with van der Waals surface area (Å²) in [4.78, 5) is 33.5. The molecular formula is C15H13NO5. The lowest BCUT2D eigenvalue weighted by atomic mass is 10.1. The third-order valence-corrected chi connectivity index (χ3v) is 2.96. The third kappa shape index (κ3) is 3.56. The number of carbonyl (C=O) groups excluding carboxylic acids is 2. The van der Waals surface area contributed by atoms with Crippen LogP contribution >= 0.6 is 0 Å². The van der Waals surface area contributed by atoms with Crippen LogP contribution in [0.1, 0.15) is 22.5 Å². The molecule has 0 spiro atoms. The maximum absolute atomic E-state index is 11.9. The van der Waals surface area contributed by atoms with Gasteiger partial charge in [-0.05, 0) is 29.8 Å². The molecule has 1 aromatic carbocycles. The highest BCUT2D eigenvalue weighted by molar-refractivity contribution is 6.37. The second-order valence-corrected chi connectivity index (χ2v) is 4.52. The number of phenols is 1. The van der Waals surface area contributed by atoms with Crippen LogP contribution in [-0.4, -0.2) is 32.3 Å². The molecule has 6 nitrogen and oxygen atoms in total. The molecule has 0 bridgehead atoms. The fraction of sp³-hybridized carbons (Fsp3) is 0.133. The molecular weight excluding hydrogens is 274 g/mol. The van der Waals surface area contributed by atoms with Crippen molar-refractivity contribution in [1.82, 2.24) is 4.57 Å². The van der Waals surface area contributed by atoms with Gasteiger partial charge in [-0.3, -0.25) is 9.59 Å². The van der Waals surface area contributed by atoms with E-state index in [1.165, 1.54) is 18.2 Å². The van der Waals surface area contributed by atoms with Crippen LogP contribution in [0.5, 0.6) is 5.75 Å². The Labute approximate surface area is 120 Å². The SMILES string of the molecule is O=C(O)C(=O)CC(=O)c1cccn1Cc1ccc(O)cc1. The van der Waals surface area contributed by atoms with Crippen LogP contribution in [0.3, 0.4) is 0 Å². The van der Waals surface area contributed by atoms with E-state index in [0.29, 0.717) is 6.54 Å². The summed E-state index contributed by atoms with van der Waals surface area (Å²) in [5, 5.41) is 17.7. The van der Waals surface area contributed by atoms with Crippen LogP contribution in [0, 0.1) is 0 Å². The van der Waals surface area contributed by atoms with Crippen molar-refractivity contribution < 1.29 is 24.6 Å². The van der Waals surface area contributed by atoms with Crippen LogP contribution in [0.15, 0.2) is 42.6 Å². The Morgan fingerprint density at radius 2 is 1.71 bits per heavy atom.